The van der Waals surface area contributed by atoms with Crippen LogP contribution in [0.2, 0.25) is 0 Å². The Morgan fingerprint density at radius 1 is 0.625 bits per heavy atom. The van der Waals surface area contributed by atoms with E-state index >= 15 is 0 Å². The van der Waals surface area contributed by atoms with Gasteiger partial charge in [-0.15, -0.1) is 0 Å². The van der Waals surface area contributed by atoms with Crippen molar-refractivity contribution in [2.75, 3.05) is 0 Å². The van der Waals surface area contributed by atoms with Gasteiger partial charge in [0.15, 0.2) is 0 Å². The number of aromatic hydroxyl groups is 3. The molecule has 4 N–H and O–H groups in total. The Bertz CT molecular complexity index is 778. The molecule has 0 fully saturated rings. The Morgan fingerprint density at radius 2 is 1.08 bits per heavy atom. The molecule has 0 saturated carbocycles. The molecule has 0 aliphatic rings. The van der Waals surface area contributed by atoms with Crippen LogP contribution in [0.4, 0.5) is 0 Å². The Balaban J connectivity index is 2.14. The predicted molar refractivity (Wildman–Crippen MR) is 91.2 cm³/mol. The Kier molecular flexibility index (Phi) is 4.40. The fourth-order valence-corrected chi connectivity index (χ4v) is 2.82. The first kappa shape index (κ1) is 15.9. The van der Waals surface area contributed by atoms with Crippen molar-refractivity contribution in [1.82, 2.24) is 0 Å². The molecule has 0 bridgehead atoms. The van der Waals surface area contributed by atoms with E-state index in [-0.39, 0.29) is 29.8 Å². The maximum atomic E-state index is 9.80. The number of phenols is 3. The van der Waals surface area contributed by atoms with E-state index in [1.807, 2.05) is 24.3 Å². The van der Waals surface area contributed by atoms with Gasteiger partial charge in [-0.1, -0.05) is 30.3 Å². The van der Waals surface area contributed by atoms with Crippen molar-refractivity contribution in [3.8, 4) is 17.2 Å². The summed E-state index contributed by atoms with van der Waals surface area (Å²) in [5.74, 6) is 0.267. The SMILES string of the molecule is OCc1cc(C(c2ccc(O)cc2)c2ccc(O)cc2)ccc1O. The molecule has 3 aromatic carbocycles. The van der Waals surface area contributed by atoms with E-state index in [2.05, 4.69) is 0 Å². The number of benzene rings is 3. The van der Waals surface area contributed by atoms with Gasteiger partial charge in [-0.05, 0) is 53.1 Å². The molecule has 0 spiro atoms. The summed E-state index contributed by atoms with van der Waals surface area (Å²) in [7, 11) is 0. The van der Waals surface area contributed by atoms with Crippen molar-refractivity contribution in [3.63, 3.8) is 0 Å². The summed E-state index contributed by atoms with van der Waals surface area (Å²) in [5, 5.41) is 38.3. The highest BCUT2D eigenvalue weighted by molar-refractivity contribution is 5.48. The summed E-state index contributed by atoms with van der Waals surface area (Å²) in [6.45, 7) is -0.252. The number of aliphatic hydroxyl groups is 1. The van der Waals surface area contributed by atoms with Gasteiger partial charge < -0.3 is 20.4 Å². The number of hydrogen-bond donors (Lipinski definition) is 4. The molecule has 4 heteroatoms. The zero-order valence-corrected chi connectivity index (χ0v) is 12.9. The third kappa shape index (κ3) is 3.19. The third-order valence-electron chi connectivity index (χ3n) is 4.06. The van der Waals surface area contributed by atoms with Gasteiger partial charge >= 0.3 is 0 Å². The van der Waals surface area contributed by atoms with E-state index in [9.17, 15) is 20.4 Å². The second-order valence-corrected chi connectivity index (χ2v) is 5.66. The fraction of sp³-hybridized carbons (Fsp3) is 0.100. The average molecular weight is 322 g/mol. The molecule has 0 aromatic heterocycles. The summed E-state index contributed by atoms with van der Waals surface area (Å²) in [6.07, 6.45) is 0. The molecular formula is C20H18O4. The van der Waals surface area contributed by atoms with Gasteiger partial charge in [0.1, 0.15) is 17.2 Å². The highest BCUT2D eigenvalue weighted by atomic mass is 16.3. The molecule has 0 saturated heterocycles. The lowest BCUT2D eigenvalue weighted by Gasteiger charge is -2.20. The van der Waals surface area contributed by atoms with Crippen LogP contribution in [0, 0.1) is 0 Å². The minimum Gasteiger partial charge on any atom is -0.508 e. The normalized spacial score (nSPS) is 10.9. The Hall–Kier alpha value is -2.98. The van der Waals surface area contributed by atoms with Gasteiger partial charge in [-0.25, -0.2) is 0 Å². The summed E-state index contributed by atoms with van der Waals surface area (Å²) in [5.41, 5.74) is 3.25. The van der Waals surface area contributed by atoms with Crippen molar-refractivity contribution in [1.29, 1.82) is 0 Å². The van der Waals surface area contributed by atoms with Crippen LogP contribution in [-0.2, 0) is 6.61 Å². The van der Waals surface area contributed by atoms with Crippen LogP contribution < -0.4 is 0 Å². The highest BCUT2D eigenvalue weighted by Crippen LogP contribution is 2.35. The largest absolute Gasteiger partial charge is 0.508 e. The van der Waals surface area contributed by atoms with Crippen LogP contribution in [0.25, 0.3) is 0 Å². The van der Waals surface area contributed by atoms with Crippen LogP contribution in [-0.4, -0.2) is 20.4 Å². The first-order chi connectivity index (χ1) is 11.6. The van der Waals surface area contributed by atoms with Crippen LogP contribution in [0.3, 0.4) is 0 Å². The highest BCUT2D eigenvalue weighted by Gasteiger charge is 2.18. The topological polar surface area (TPSA) is 80.9 Å². The second-order valence-electron chi connectivity index (χ2n) is 5.66. The molecule has 0 aliphatic heterocycles. The second kappa shape index (κ2) is 6.64. The standard InChI is InChI=1S/C20H18O4/c21-12-16-11-15(5-10-19(16)24)20(13-1-6-17(22)7-2-13)14-3-8-18(23)9-4-14/h1-11,20-24H,12H2. The van der Waals surface area contributed by atoms with Gasteiger partial charge in [-0.3, -0.25) is 0 Å². The molecule has 24 heavy (non-hydrogen) atoms. The lowest BCUT2D eigenvalue weighted by molar-refractivity contribution is 0.275. The maximum Gasteiger partial charge on any atom is 0.121 e. The molecule has 0 amide bonds. The van der Waals surface area contributed by atoms with Gasteiger partial charge in [0.05, 0.1) is 6.61 Å². The number of rotatable bonds is 4. The third-order valence-corrected chi connectivity index (χ3v) is 4.06. The summed E-state index contributed by atoms with van der Waals surface area (Å²) < 4.78 is 0. The van der Waals surface area contributed by atoms with Gasteiger partial charge in [0.2, 0.25) is 0 Å². The predicted octanol–water partition coefficient (Wildman–Crippen LogP) is 3.48. The van der Waals surface area contributed by atoms with E-state index in [1.54, 1.807) is 42.5 Å². The molecule has 0 aliphatic carbocycles. The minimum absolute atomic E-state index is 0.0522. The molecule has 0 atom stereocenters. The van der Waals surface area contributed by atoms with Crippen LogP contribution in [0.1, 0.15) is 28.2 Å². The first-order valence-corrected chi connectivity index (χ1v) is 7.59. The number of aliphatic hydroxyl groups excluding tert-OH is 1. The molecular weight excluding hydrogens is 304 g/mol. The molecule has 4 nitrogen and oxygen atoms in total. The van der Waals surface area contributed by atoms with E-state index in [4.69, 9.17) is 0 Å². The summed E-state index contributed by atoms with van der Waals surface area (Å²) >= 11 is 0. The molecule has 3 aromatic rings. The monoisotopic (exact) mass is 322 g/mol. The lowest BCUT2D eigenvalue weighted by Crippen LogP contribution is -2.04. The molecule has 0 heterocycles. The Morgan fingerprint density at radius 3 is 1.54 bits per heavy atom. The van der Waals surface area contributed by atoms with Crippen LogP contribution in [0.5, 0.6) is 17.2 Å². The zero-order chi connectivity index (χ0) is 17.1. The zero-order valence-electron chi connectivity index (χ0n) is 12.9. The van der Waals surface area contributed by atoms with Gasteiger partial charge in [-0.2, -0.15) is 0 Å². The molecule has 3 rings (SSSR count). The summed E-state index contributed by atoms with van der Waals surface area (Å²) in [6, 6.07) is 18.9. The summed E-state index contributed by atoms with van der Waals surface area (Å²) in [4.78, 5) is 0. The number of phenolic OH excluding ortho intramolecular Hbond substituents is 2. The average Bonchev–Trinajstić information content (AvgIpc) is 2.60. The fourth-order valence-electron chi connectivity index (χ4n) is 2.82. The minimum atomic E-state index is -0.252. The van der Waals surface area contributed by atoms with E-state index in [0.29, 0.717) is 5.56 Å². The van der Waals surface area contributed by atoms with Crippen molar-refractivity contribution in [2.45, 2.75) is 12.5 Å². The molecule has 0 unspecified atom stereocenters. The van der Waals surface area contributed by atoms with Crippen molar-refractivity contribution in [3.05, 3.63) is 89.0 Å². The van der Waals surface area contributed by atoms with Crippen molar-refractivity contribution >= 4 is 0 Å². The lowest BCUT2D eigenvalue weighted by atomic mass is 9.84. The van der Waals surface area contributed by atoms with Gasteiger partial charge in [0, 0.05) is 11.5 Å². The van der Waals surface area contributed by atoms with E-state index in [0.717, 1.165) is 16.7 Å². The van der Waals surface area contributed by atoms with E-state index < -0.39 is 0 Å². The molecule has 122 valence electrons. The number of hydrogen-bond acceptors (Lipinski definition) is 4. The molecule has 0 radical (unpaired) electrons. The van der Waals surface area contributed by atoms with E-state index in [1.165, 1.54) is 0 Å². The quantitative estimate of drug-likeness (QED) is 0.554. The van der Waals surface area contributed by atoms with Crippen molar-refractivity contribution < 1.29 is 20.4 Å². The smallest absolute Gasteiger partial charge is 0.121 e. The Labute approximate surface area is 139 Å². The van der Waals surface area contributed by atoms with Crippen LogP contribution >= 0.6 is 0 Å². The van der Waals surface area contributed by atoms with Crippen LogP contribution in [0.15, 0.2) is 66.7 Å². The first-order valence-electron chi connectivity index (χ1n) is 7.59. The maximum absolute atomic E-state index is 9.80. The van der Waals surface area contributed by atoms with Crippen molar-refractivity contribution in [2.24, 2.45) is 0 Å². The van der Waals surface area contributed by atoms with Gasteiger partial charge in [0.25, 0.3) is 0 Å².